The molecule has 1 aromatic heterocycles. The molecule has 2 aliphatic rings. The van der Waals surface area contributed by atoms with Gasteiger partial charge in [-0.3, -0.25) is 4.79 Å². The third-order valence-corrected chi connectivity index (χ3v) is 6.96. The van der Waals surface area contributed by atoms with Crippen LogP contribution in [0.3, 0.4) is 0 Å². The normalized spacial score (nSPS) is 29.4. The van der Waals surface area contributed by atoms with Crippen molar-refractivity contribution in [1.82, 2.24) is 4.98 Å². The highest BCUT2D eigenvalue weighted by Crippen LogP contribution is 2.54. The molecule has 0 radical (unpaired) electrons. The molecule has 0 N–H and O–H groups in total. The number of hydrogen-bond acceptors (Lipinski definition) is 3. The lowest BCUT2D eigenvalue weighted by atomic mass is 9.59. The minimum atomic E-state index is -0.314. The van der Waals surface area contributed by atoms with Gasteiger partial charge in [-0.25, -0.2) is 4.98 Å². The molecule has 2 aromatic rings. The molecule has 1 heterocycles. The van der Waals surface area contributed by atoms with E-state index < -0.39 is 0 Å². The van der Waals surface area contributed by atoms with Gasteiger partial charge in [-0.05, 0) is 24.3 Å². The summed E-state index contributed by atoms with van der Waals surface area (Å²) in [5.41, 5.74) is 6.47. The van der Waals surface area contributed by atoms with E-state index in [2.05, 4.69) is 50.0 Å². The molecule has 2 unspecified atom stereocenters. The lowest BCUT2D eigenvalue weighted by Gasteiger charge is -2.44. The van der Waals surface area contributed by atoms with E-state index in [0.29, 0.717) is 11.7 Å². The molecule has 0 fully saturated rings. The van der Waals surface area contributed by atoms with Gasteiger partial charge in [0.05, 0.1) is 16.6 Å². The second-order valence-electron chi connectivity index (χ2n) is 7.23. The van der Waals surface area contributed by atoms with E-state index in [0.717, 1.165) is 24.8 Å². The molecule has 0 spiro atoms. The predicted octanol–water partition coefficient (Wildman–Crippen LogP) is 4.94. The van der Waals surface area contributed by atoms with Crippen LogP contribution in [0.5, 0.6) is 0 Å². The summed E-state index contributed by atoms with van der Waals surface area (Å²) in [6, 6.07) is 10.6. The molecule has 124 valence electrons. The number of Topliss-reactive ketones (excluding diaryl/α,β-unsaturated/α-hetero) is 1. The highest BCUT2D eigenvalue weighted by molar-refractivity contribution is 7.10. The van der Waals surface area contributed by atoms with E-state index in [9.17, 15) is 4.79 Å². The van der Waals surface area contributed by atoms with Crippen molar-refractivity contribution in [3.8, 4) is 0 Å². The average Bonchev–Trinajstić information content (AvgIpc) is 3.07. The summed E-state index contributed by atoms with van der Waals surface area (Å²) in [4.78, 5) is 19.3. The maximum atomic E-state index is 13.3. The van der Waals surface area contributed by atoms with Crippen molar-refractivity contribution in [1.29, 1.82) is 0 Å². The van der Waals surface area contributed by atoms with Crippen LogP contribution in [0.15, 0.2) is 47.0 Å². The topological polar surface area (TPSA) is 30.0 Å². The van der Waals surface area contributed by atoms with Crippen LogP contribution < -0.4 is 0 Å². The Hall–Kier alpha value is -1.74. The van der Waals surface area contributed by atoms with Gasteiger partial charge in [0, 0.05) is 22.8 Å². The first-order valence-electron chi connectivity index (χ1n) is 8.85. The van der Waals surface area contributed by atoms with E-state index in [-0.39, 0.29) is 11.3 Å². The first kappa shape index (κ1) is 15.8. The lowest BCUT2D eigenvalue weighted by molar-refractivity contribution is -0.120. The van der Waals surface area contributed by atoms with Crippen LogP contribution in [0.1, 0.15) is 49.7 Å². The first-order chi connectivity index (χ1) is 11.6. The van der Waals surface area contributed by atoms with Crippen molar-refractivity contribution < 1.29 is 4.79 Å². The van der Waals surface area contributed by atoms with Gasteiger partial charge in [-0.2, -0.15) is 0 Å². The van der Waals surface area contributed by atoms with Crippen molar-refractivity contribution in [3.63, 3.8) is 0 Å². The maximum absolute atomic E-state index is 13.3. The van der Waals surface area contributed by atoms with Gasteiger partial charge in [0.1, 0.15) is 0 Å². The average molecular weight is 337 g/mol. The number of aromatic nitrogens is 1. The zero-order chi connectivity index (χ0) is 16.9. The van der Waals surface area contributed by atoms with E-state index in [1.54, 1.807) is 11.3 Å². The quantitative estimate of drug-likeness (QED) is 0.777. The van der Waals surface area contributed by atoms with Crippen LogP contribution in [-0.4, -0.2) is 10.8 Å². The molecule has 4 rings (SSSR count). The smallest absolute Gasteiger partial charge is 0.162 e. The molecule has 0 saturated carbocycles. The predicted molar refractivity (Wildman–Crippen MR) is 98.3 cm³/mol. The molecule has 0 saturated heterocycles. The molecule has 3 heteroatoms. The molecule has 3 atom stereocenters. The Labute approximate surface area is 147 Å². The number of fused-ring (bicyclic) bond motifs is 1. The van der Waals surface area contributed by atoms with E-state index in [4.69, 9.17) is 0 Å². The number of nitrogens with zero attached hydrogens (tertiary/aromatic N) is 1. The monoisotopic (exact) mass is 337 g/mol. The number of carbonyl (C=O) groups excluding carboxylic acids is 1. The second-order valence-corrected chi connectivity index (χ2v) is 8.09. The van der Waals surface area contributed by atoms with E-state index >= 15 is 0 Å². The van der Waals surface area contributed by atoms with Gasteiger partial charge in [0.25, 0.3) is 0 Å². The number of carbonyl (C=O) groups is 1. The maximum Gasteiger partial charge on any atom is 0.162 e. The molecule has 2 nitrogen and oxygen atoms in total. The highest BCUT2D eigenvalue weighted by atomic mass is 32.1. The van der Waals surface area contributed by atoms with E-state index in [1.807, 2.05) is 11.6 Å². The number of thiazole rings is 1. The zero-order valence-electron chi connectivity index (χ0n) is 14.5. The summed E-state index contributed by atoms with van der Waals surface area (Å²) >= 11 is 1.71. The molecule has 0 aliphatic heterocycles. The second kappa shape index (κ2) is 5.66. The van der Waals surface area contributed by atoms with Crippen LogP contribution in [0, 0.1) is 11.8 Å². The van der Waals surface area contributed by atoms with Gasteiger partial charge in [0.2, 0.25) is 0 Å². The Balaban J connectivity index is 2.07. The Morgan fingerprint density at radius 3 is 2.67 bits per heavy atom. The van der Waals surface area contributed by atoms with Crippen LogP contribution in [-0.2, 0) is 16.6 Å². The number of benzene rings is 1. The SMILES string of the molecule is CC[C@]1(c2ccccc2)C2=C(Cc3ncsc31)C(C)CC(C)C2=O. The number of hydrogen-bond donors (Lipinski definition) is 0. The number of allylic oxidation sites excluding steroid dienone is 2. The Morgan fingerprint density at radius 1 is 1.21 bits per heavy atom. The summed E-state index contributed by atoms with van der Waals surface area (Å²) < 4.78 is 0. The summed E-state index contributed by atoms with van der Waals surface area (Å²) in [6.07, 6.45) is 2.71. The molecule has 0 amide bonds. The first-order valence-corrected chi connectivity index (χ1v) is 9.73. The molecule has 0 bridgehead atoms. The Bertz CT molecular complexity index is 819. The van der Waals surface area contributed by atoms with Crippen LogP contribution >= 0.6 is 11.3 Å². The van der Waals surface area contributed by atoms with Crippen molar-refractivity contribution in [2.45, 2.75) is 45.4 Å². The van der Waals surface area contributed by atoms with Gasteiger partial charge in [-0.1, -0.05) is 56.7 Å². The molecule has 1 aromatic carbocycles. The van der Waals surface area contributed by atoms with Crippen LogP contribution in [0.25, 0.3) is 0 Å². The largest absolute Gasteiger partial charge is 0.294 e. The number of rotatable bonds is 2. The van der Waals surface area contributed by atoms with Crippen molar-refractivity contribution in [2.24, 2.45) is 11.8 Å². The number of ketones is 1. The fourth-order valence-corrected chi connectivity index (χ4v) is 5.87. The molecular formula is C21H23NOS. The molecular weight excluding hydrogens is 314 g/mol. The summed E-state index contributed by atoms with van der Waals surface area (Å²) in [6.45, 7) is 6.58. The van der Waals surface area contributed by atoms with E-state index in [1.165, 1.54) is 21.7 Å². The Morgan fingerprint density at radius 2 is 1.96 bits per heavy atom. The van der Waals surface area contributed by atoms with Gasteiger partial charge >= 0.3 is 0 Å². The van der Waals surface area contributed by atoms with Gasteiger partial charge < -0.3 is 0 Å². The van der Waals surface area contributed by atoms with Gasteiger partial charge in [-0.15, -0.1) is 11.3 Å². The van der Waals surface area contributed by atoms with Gasteiger partial charge in [0.15, 0.2) is 5.78 Å². The third-order valence-electron chi connectivity index (χ3n) is 5.93. The summed E-state index contributed by atoms with van der Waals surface area (Å²) in [7, 11) is 0. The standard InChI is InChI=1S/C21H23NOS/c1-4-21(15-8-6-5-7-9-15)18-16(11-17-20(21)24-12-22-17)13(2)10-14(3)19(18)23/h5-9,12-14H,4,10-11H2,1-3H3/t13?,14?,21-/m0/s1. The van der Waals surface area contributed by atoms with Crippen molar-refractivity contribution in [3.05, 3.63) is 63.1 Å². The minimum Gasteiger partial charge on any atom is -0.294 e. The zero-order valence-corrected chi connectivity index (χ0v) is 15.3. The lowest BCUT2D eigenvalue weighted by Crippen LogP contribution is -2.42. The third kappa shape index (κ3) is 2.00. The van der Waals surface area contributed by atoms with Crippen LogP contribution in [0.2, 0.25) is 0 Å². The Kier molecular flexibility index (Phi) is 3.72. The molecule has 2 aliphatic carbocycles. The van der Waals surface area contributed by atoms with Crippen LogP contribution in [0.4, 0.5) is 0 Å². The highest BCUT2D eigenvalue weighted by Gasteiger charge is 2.50. The fraction of sp³-hybridized carbons (Fsp3) is 0.429. The minimum absolute atomic E-state index is 0.114. The van der Waals surface area contributed by atoms with Crippen molar-refractivity contribution >= 4 is 17.1 Å². The fourth-order valence-electron chi connectivity index (χ4n) is 4.75. The van der Waals surface area contributed by atoms with Crippen molar-refractivity contribution in [2.75, 3.05) is 0 Å². The molecule has 24 heavy (non-hydrogen) atoms. The summed E-state index contributed by atoms with van der Waals surface area (Å²) in [5, 5.41) is 0. The summed E-state index contributed by atoms with van der Waals surface area (Å²) in [5.74, 6) is 0.924.